The van der Waals surface area contributed by atoms with Gasteiger partial charge < -0.3 is 29.9 Å². The van der Waals surface area contributed by atoms with Crippen LogP contribution in [0.2, 0.25) is 0 Å². The minimum atomic E-state index is -4.88. The summed E-state index contributed by atoms with van der Waals surface area (Å²) in [7, 11) is 2.89. The Morgan fingerprint density at radius 1 is 1.02 bits per heavy atom. The SMILES string of the molecule is COc1cc(C(=O)NC2CCC(N3CCN(CC4CC4)CC3)CC2)c(F)cc1Nc1ncc(C(F)(F)F)c(Oc2cccc3c2C(=O)N(C)C3)n1. The molecule has 11 nitrogen and oxygen atoms in total. The fraction of sp³-hybridized carbons (Fsp3) is 0.500. The van der Waals surface area contributed by atoms with Crippen LogP contribution in [0.5, 0.6) is 17.4 Å². The van der Waals surface area contributed by atoms with Gasteiger partial charge in [0.2, 0.25) is 11.8 Å². The molecule has 0 bridgehead atoms. The first kappa shape index (κ1) is 34.9. The number of hydrogen-bond acceptors (Lipinski definition) is 9. The van der Waals surface area contributed by atoms with Crippen LogP contribution in [0.25, 0.3) is 0 Å². The Bertz CT molecular complexity index is 1790. The normalized spacial score (nSPS) is 21.4. The molecule has 51 heavy (non-hydrogen) atoms. The summed E-state index contributed by atoms with van der Waals surface area (Å²) < 4.78 is 68.4. The number of carbonyl (C=O) groups is 2. The molecule has 3 fully saturated rings. The largest absolute Gasteiger partial charge is 0.495 e. The molecular formula is C36H41F4N7O4. The van der Waals surface area contributed by atoms with Crippen molar-refractivity contribution < 1.29 is 36.6 Å². The highest BCUT2D eigenvalue weighted by Gasteiger charge is 2.38. The van der Waals surface area contributed by atoms with Gasteiger partial charge in [0.15, 0.2) is 0 Å². The summed E-state index contributed by atoms with van der Waals surface area (Å²) in [5.74, 6) is -2.19. The third kappa shape index (κ3) is 7.74. The van der Waals surface area contributed by atoms with Crippen molar-refractivity contribution in [3.05, 3.63) is 64.6 Å². The number of nitrogens with zero attached hydrogens (tertiary/aromatic N) is 5. The number of anilines is 2. The molecule has 3 aromatic rings. The summed E-state index contributed by atoms with van der Waals surface area (Å²) in [6, 6.07) is 7.28. The number of fused-ring (bicyclic) bond motifs is 1. The summed E-state index contributed by atoms with van der Waals surface area (Å²) in [5.41, 5.74) is -0.770. The predicted molar refractivity (Wildman–Crippen MR) is 180 cm³/mol. The maximum absolute atomic E-state index is 15.5. The van der Waals surface area contributed by atoms with E-state index in [9.17, 15) is 22.8 Å². The van der Waals surface area contributed by atoms with Crippen molar-refractivity contribution in [3.63, 3.8) is 0 Å². The van der Waals surface area contributed by atoms with Gasteiger partial charge in [-0.2, -0.15) is 18.2 Å². The van der Waals surface area contributed by atoms with Gasteiger partial charge in [0.1, 0.15) is 22.9 Å². The van der Waals surface area contributed by atoms with Crippen LogP contribution in [-0.2, 0) is 12.7 Å². The lowest BCUT2D eigenvalue weighted by Gasteiger charge is -2.42. The molecule has 2 aliphatic heterocycles. The zero-order valence-electron chi connectivity index (χ0n) is 28.6. The first-order chi connectivity index (χ1) is 24.5. The third-order valence-electron chi connectivity index (χ3n) is 10.3. The minimum Gasteiger partial charge on any atom is -0.495 e. The van der Waals surface area contributed by atoms with Crippen molar-refractivity contribution in [1.82, 2.24) is 30.0 Å². The molecule has 1 aromatic heterocycles. The summed E-state index contributed by atoms with van der Waals surface area (Å²) in [5, 5.41) is 5.66. The second kappa shape index (κ2) is 14.3. The van der Waals surface area contributed by atoms with E-state index in [0.29, 0.717) is 17.8 Å². The van der Waals surface area contributed by atoms with Crippen LogP contribution in [0.4, 0.5) is 29.2 Å². The minimum absolute atomic E-state index is 0.0209. The van der Waals surface area contributed by atoms with Crippen molar-refractivity contribution in [2.45, 2.75) is 63.3 Å². The molecule has 7 rings (SSSR count). The van der Waals surface area contributed by atoms with Gasteiger partial charge in [-0.3, -0.25) is 14.5 Å². The number of methoxy groups -OCH3 is 1. The number of ether oxygens (including phenoxy) is 2. The van der Waals surface area contributed by atoms with Crippen molar-refractivity contribution in [1.29, 1.82) is 0 Å². The molecule has 2 aromatic carbocycles. The van der Waals surface area contributed by atoms with Crippen molar-refractivity contribution in [3.8, 4) is 17.4 Å². The van der Waals surface area contributed by atoms with Crippen molar-refractivity contribution in [2.24, 2.45) is 5.92 Å². The van der Waals surface area contributed by atoms with Gasteiger partial charge in [-0.05, 0) is 62.1 Å². The Balaban J connectivity index is 1.01. The van der Waals surface area contributed by atoms with Crippen LogP contribution in [-0.4, -0.2) is 95.4 Å². The molecule has 15 heteroatoms. The lowest BCUT2D eigenvalue weighted by molar-refractivity contribution is -0.139. The maximum Gasteiger partial charge on any atom is 0.423 e. The fourth-order valence-electron chi connectivity index (χ4n) is 7.30. The lowest BCUT2D eigenvalue weighted by atomic mass is 9.89. The highest BCUT2D eigenvalue weighted by Crippen LogP contribution is 2.40. The average molecular weight is 712 g/mol. The Hall–Kier alpha value is -4.50. The highest BCUT2D eigenvalue weighted by molar-refractivity contribution is 6.01. The van der Waals surface area contributed by atoms with E-state index in [1.807, 2.05) is 0 Å². The van der Waals surface area contributed by atoms with E-state index in [0.717, 1.165) is 63.8 Å². The quantitative estimate of drug-likeness (QED) is 0.251. The standard InChI is InChI=1S/C36H41F4N7O4/c1-45-20-22-4-3-5-29(31(22)34(45)49)51-33-26(36(38,39)40)18-41-35(44-33)43-28-17-27(37)25(16-30(28)50-2)32(48)42-23-8-10-24(11-9-23)47-14-12-46(13-15-47)19-21-6-7-21/h3-5,16-18,21,23-24H,6-15,19-20H2,1-2H3,(H,42,48)(H,41,43,44). The number of piperazine rings is 1. The Morgan fingerprint density at radius 3 is 2.45 bits per heavy atom. The van der Waals surface area contributed by atoms with Crippen LogP contribution in [0, 0.1) is 11.7 Å². The van der Waals surface area contributed by atoms with E-state index in [1.54, 1.807) is 19.2 Å². The zero-order valence-corrected chi connectivity index (χ0v) is 28.6. The number of benzene rings is 2. The summed E-state index contributed by atoms with van der Waals surface area (Å²) in [6.45, 7) is 5.86. The summed E-state index contributed by atoms with van der Waals surface area (Å²) in [6.07, 6.45) is 1.89. The number of carbonyl (C=O) groups excluding carboxylic acids is 2. The van der Waals surface area contributed by atoms with Gasteiger partial charge in [0.25, 0.3) is 11.8 Å². The van der Waals surface area contributed by atoms with Gasteiger partial charge in [-0.1, -0.05) is 12.1 Å². The first-order valence-electron chi connectivity index (χ1n) is 17.4. The molecule has 2 saturated carbocycles. The molecule has 272 valence electrons. The Morgan fingerprint density at radius 2 is 1.76 bits per heavy atom. The fourth-order valence-corrected chi connectivity index (χ4v) is 7.30. The molecule has 0 unspecified atom stereocenters. The van der Waals surface area contributed by atoms with Gasteiger partial charge in [0, 0.05) is 70.7 Å². The zero-order chi connectivity index (χ0) is 35.9. The second-order valence-electron chi connectivity index (χ2n) is 13.9. The molecule has 2 amide bonds. The number of rotatable bonds is 10. The number of alkyl halides is 3. The molecule has 0 spiro atoms. The van der Waals surface area contributed by atoms with E-state index < -0.39 is 35.3 Å². The van der Waals surface area contributed by atoms with Gasteiger partial charge >= 0.3 is 6.18 Å². The number of aromatic nitrogens is 2. The molecule has 0 atom stereocenters. The van der Waals surface area contributed by atoms with E-state index in [2.05, 4.69) is 30.4 Å². The Kier molecular flexibility index (Phi) is 9.76. The maximum atomic E-state index is 15.5. The van der Waals surface area contributed by atoms with E-state index in [4.69, 9.17) is 9.47 Å². The first-order valence-corrected chi connectivity index (χ1v) is 17.4. The van der Waals surface area contributed by atoms with E-state index in [1.165, 1.54) is 43.5 Å². The van der Waals surface area contributed by atoms with Gasteiger partial charge in [-0.25, -0.2) is 9.37 Å². The van der Waals surface area contributed by atoms with Gasteiger partial charge in [-0.15, -0.1) is 0 Å². The summed E-state index contributed by atoms with van der Waals surface area (Å²) >= 11 is 0. The van der Waals surface area contributed by atoms with Crippen molar-refractivity contribution in [2.75, 3.05) is 52.2 Å². The average Bonchev–Trinajstić information content (AvgIpc) is 3.87. The second-order valence-corrected chi connectivity index (χ2v) is 13.9. The molecule has 4 aliphatic rings. The lowest BCUT2D eigenvalue weighted by Crippen LogP contribution is -2.52. The number of amides is 2. The molecular weight excluding hydrogens is 670 g/mol. The smallest absolute Gasteiger partial charge is 0.423 e. The topological polar surface area (TPSA) is 112 Å². The van der Waals surface area contributed by atoms with Crippen molar-refractivity contribution >= 4 is 23.5 Å². The predicted octanol–water partition coefficient (Wildman–Crippen LogP) is 5.83. The molecule has 2 N–H and O–H groups in total. The number of halogens is 4. The third-order valence-corrected chi connectivity index (χ3v) is 10.3. The highest BCUT2D eigenvalue weighted by atomic mass is 19.4. The van der Waals surface area contributed by atoms with E-state index >= 15 is 4.39 Å². The van der Waals surface area contributed by atoms with Crippen LogP contribution in [0.1, 0.15) is 70.4 Å². The van der Waals surface area contributed by atoms with Crippen LogP contribution < -0.4 is 20.1 Å². The van der Waals surface area contributed by atoms with E-state index in [-0.39, 0.29) is 46.8 Å². The Labute approximate surface area is 293 Å². The van der Waals surface area contributed by atoms with Crippen LogP contribution >= 0.6 is 0 Å². The van der Waals surface area contributed by atoms with Crippen LogP contribution in [0.3, 0.4) is 0 Å². The molecule has 1 saturated heterocycles. The monoisotopic (exact) mass is 711 g/mol. The number of hydrogen-bond donors (Lipinski definition) is 2. The molecule has 3 heterocycles. The summed E-state index contributed by atoms with van der Waals surface area (Å²) in [4.78, 5) is 40.2. The number of nitrogens with one attached hydrogen (secondary N) is 2. The van der Waals surface area contributed by atoms with Gasteiger partial charge in [0.05, 0.1) is 23.9 Å². The molecule has 2 aliphatic carbocycles. The van der Waals surface area contributed by atoms with Crippen LogP contribution in [0.15, 0.2) is 36.5 Å². The molecule has 0 radical (unpaired) electrons.